The van der Waals surface area contributed by atoms with E-state index in [1.807, 2.05) is 0 Å². The number of likely N-dealkylation sites (tertiary alicyclic amines) is 1. The van der Waals surface area contributed by atoms with E-state index in [1.165, 1.54) is 25.7 Å². The number of nitrogens with zero attached hydrogens (tertiary/aromatic N) is 1. The summed E-state index contributed by atoms with van der Waals surface area (Å²) < 4.78 is 0. The Morgan fingerprint density at radius 2 is 1.59 bits per heavy atom. The van der Waals surface area contributed by atoms with Crippen LogP contribution in [0.5, 0.6) is 0 Å². The van der Waals surface area contributed by atoms with Gasteiger partial charge in [-0.2, -0.15) is 0 Å². The van der Waals surface area contributed by atoms with Crippen LogP contribution in [0.15, 0.2) is 0 Å². The van der Waals surface area contributed by atoms with E-state index >= 15 is 0 Å². The van der Waals surface area contributed by atoms with Gasteiger partial charge in [-0.3, -0.25) is 0 Å². The van der Waals surface area contributed by atoms with Gasteiger partial charge in [0.05, 0.1) is 5.60 Å². The second kappa shape index (κ2) is 5.27. The molecule has 1 saturated heterocycles. The van der Waals surface area contributed by atoms with Gasteiger partial charge in [0.15, 0.2) is 0 Å². The first kappa shape index (κ1) is 13.4. The first-order chi connectivity index (χ1) is 8.01. The number of aliphatic hydroxyl groups is 1. The summed E-state index contributed by atoms with van der Waals surface area (Å²) in [5.74, 6) is 1.46. The Labute approximate surface area is 106 Å². The summed E-state index contributed by atoms with van der Waals surface area (Å²) in [5, 5.41) is 10.9. The average molecular weight is 239 g/mol. The van der Waals surface area contributed by atoms with Crippen molar-refractivity contribution in [2.24, 2.45) is 11.8 Å². The van der Waals surface area contributed by atoms with E-state index in [0.717, 1.165) is 31.8 Å². The van der Waals surface area contributed by atoms with Gasteiger partial charge in [-0.1, -0.05) is 19.8 Å². The van der Waals surface area contributed by atoms with Crippen molar-refractivity contribution in [1.29, 1.82) is 0 Å². The van der Waals surface area contributed by atoms with E-state index in [1.54, 1.807) is 0 Å². The molecule has 2 heteroatoms. The van der Waals surface area contributed by atoms with Crippen LogP contribution < -0.4 is 0 Å². The molecule has 17 heavy (non-hydrogen) atoms. The summed E-state index contributed by atoms with van der Waals surface area (Å²) in [6.07, 6.45) is 7.12. The van der Waals surface area contributed by atoms with E-state index in [4.69, 9.17) is 0 Å². The van der Waals surface area contributed by atoms with Gasteiger partial charge in [0.1, 0.15) is 0 Å². The number of rotatable bonds is 2. The molecule has 2 fully saturated rings. The van der Waals surface area contributed by atoms with Crippen molar-refractivity contribution in [3.8, 4) is 0 Å². The quantitative estimate of drug-likeness (QED) is 0.800. The summed E-state index contributed by atoms with van der Waals surface area (Å²) in [6, 6.07) is 0.630. The molecule has 0 spiro atoms. The second-order valence-electron chi connectivity index (χ2n) is 6.69. The minimum Gasteiger partial charge on any atom is -0.390 e. The first-order valence-electron chi connectivity index (χ1n) is 7.48. The Morgan fingerprint density at radius 1 is 1.06 bits per heavy atom. The third-order valence-electron chi connectivity index (χ3n) is 5.17. The molecule has 0 unspecified atom stereocenters. The van der Waals surface area contributed by atoms with E-state index < -0.39 is 0 Å². The van der Waals surface area contributed by atoms with Crippen molar-refractivity contribution in [2.45, 2.75) is 70.9 Å². The maximum absolute atomic E-state index is 10.9. The predicted octanol–water partition coefficient (Wildman–Crippen LogP) is 3.05. The zero-order chi connectivity index (χ0) is 12.5. The van der Waals surface area contributed by atoms with E-state index in [9.17, 15) is 5.11 Å². The fourth-order valence-electron chi connectivity index (χ4n) is 3.63. The average Bonchev–Trinajstić information content (AvgIpc) is 2.30. The van der Waals surface area contributed by atoms with Crippen LogP contribution in [0, 0.1) is 11.8 Å². The highest BCUT2D eigenvalue weighted by molar-refractivity contribution is 4.93. The third-order valence-corrected chi connectivity index (χ3v) is 5.17. The molecule has 1 saturated carbocycles. The molecule has 0 bridgehead atoms. The fourth-order valence-corrected chi connectivity index (χ4v) is 3.63. The van der Waals surface area contributed by atoms with Crippen molar-refractivity contribution < 1.29 is 5.11 Å². The molecule has 1 heterocycles. The van der Waals surface area contributed by atoms with Crippen molar-refractivity contribution in [2.75, 3.05) is 13.1 Å². The second-order valence-corrected chi connectivity index (χ2v) is 6.69. The first-order valence-corrected chi connectivity index (χ1v) is 7.48. The van der Waals surface area contributed by atoms with Crippen molar-refractivity contribution in [3.63, 3.8) is 0 Å². The molecule has 1 N–H and O–H groups in total. The highest BCUT2D eigenvalue weighted by Gasteiger charge is 2.40. The van der Waals surface area contributed by atoms with Gasteiger partial charge in [0.25, 0.3) is 0 Å². The van der Waals surface area contributed by atoms with Gasteiger partial charge >= 0.3 is 0 Å². The summed E-state index contributed by atoms with van der Waals surface area (Å²) in [4.78, 5) is 2.50. The maximum atomic E-state index is 10.9. The smallest absolute Gasteiger partial charge is 0.0700 e. The highest BCUT2D eigenvalue weighted by atomic mass is 16.3. The SMILES string of the molecule is CC1CCC(C2(O)CCN(C(C)C)CC2)CC1. The van der Waals surface area contributed by atoms with Crippen LogP contribution in [0.1, 0.15) is 59.3 Å². The minimum atomic E-state index is -0.342. The lowest BCUT2D eigenvalue weighted by Crippen LogP contribution is -2.51. The van der Waals surface area contributed by atoms with Gasteiger partial charge in [-0.15, -0.1) is 0 Å². The summed E-state index contributed by atoms with van der Waals surface area (Å²) in [7, 11) is 0. The molecule has 0 aromatic carbocycles. The monoisotopic (exact) mass is 239 g/mol. The van der Waals surface area contributed by atoms with E-state index in [0.29, 0.717) is 12.0 Å². The predicted molar refractivity (Wildman–Crippen MR) is 72.0 cm³/mol. The van der Waals surface area contributed by atoms with Gasteiger partial charge in [-0.05, 0) is 51.4 Å². The Kier molecular flexibility index (Phi) is 4.14. The molecule has 2 aliphatic rings. The molecule has 0 aromatic heterocycles. The molecular formula is C15H29NO. The lowest BCUT2D eigenvalue weighted by atomic mass is 9.70. The number of piperidine rings is 1. The molecule has 2 rings (SSSR count). The largest absolute Gasteiger partial charge is 0.390 e. The van der Waals surface area contributed by atoms with Crippen LogP contribution in [-0.4, -0.2) is 34.7 Å². The van der Waals surface area contributed by atoms with E-state index in [2.05, 4.69) is 25.7 Å². The fraction of sp³-hybridized carbons (Fsp3) is 1.00. The van der Waals surface area contributed by atoms with Crippen LogP contribution in [-0.2, 0) is 0 Å². The molecule has 1 aliphatic heterocycles. The Morgan fingerprint density at radius 3 is 2.06 bits per heavy atom. The standard InChI is InChI=1S/C15H29NO/c1-12(2)16-10-8-15(17,9-11-16)14-6-4-13(3)5-7-14/h12-14,17H,4-11H2,1-3H3. The molecule has 0 radical (unpaired) electrons. The zero-order valence-electron chi connectivity index (χ0n) is 11.8. The lowest BCUT2D eigenvalue weighted by Gasteiger charge is -2.46. The number of hydrogen-bond donors (Lipinski definition) is 1. The molecule has 0 aromatic rings. The van der Waals surface area contributed by atoms with Crippen molar-refractivity contribution in [1.82, 2.24) is 4.90 Å². The van der Waals surface area contributed by atoms with Crippen molar-refractivity contribution in [3.05, 3.63) is 0 Å². The lowest BCUT2D eigenvalue weighted by molar-refractivity contribution is -0.0841. The maximum Gasteiger partial charge on any atom is 0.0700 e. The van der Waals surface area contributed by atoms with Gasteiger partial charge in [0, 0.05) is 19.1 Å². The van der Waals surface area contributed by atoms with Gasteiger partial charge in [-0.25, -0.2) is 0 Å². The van der Waals surface area contributed by atoms with Gasteiger partial charge in [0.2, 0.25) is 0 Å². The molecular weight excluding hydrogens is 210 g/mol. The molecule has 100 valence electrons. The molecule has 0 amide bonds. The third kappa shape index (κ3) is 3.03. The molecule has 1 aliphatic carbocycles. The summed E-state index contributed by atoms with van der Waals surface area (Å²) in [6.45, 7) is 9.03. The minimum absolute atomic E-state index is 0.342. The van der Waals surface area contributed by atoms with E-state index in [-0.39, 0.29) is 5.60 Å². The summed E-state index contributed by atoms with van der Waals surface area (Å²) in [5.41, 5.74) is -0.342. The summed E-state index contributed by atoms with van der Waals surface area (Å²) >= 11 is 0. The molecule has 0 atom stereocenters. The zero-order valence-corrected chi connectivity index (χ0v) is 11.8. The topological polar surface area (TPSA) is 23.5 Å². The van der Waals surface area contributed by atoms with Crippen LogP contribution in [0.4, 0.5) is 0 Å². The van der Waals surface area contributed by atoms with Crippen molar-refractivity contribution >= 4 is 0 Å². The highest BCUT2D eigenvalue weighted by Crippen LogP contribution is 2.40. The van der Waals surface area contributed by atoms with Crippen LogP contribution >= 0.6 is 0 Å². The Bertz CT molecular complexity index is 235. The van der Waals surface area contributed by atoms with Gasteiger partial charge < -0.3 is 10.0 Å². The van der Waals surface area contributed by atoms with Crippen LogP contribution in [0.2, 0.25) is 0 Å². The number of hydrogen-bond acceptors (Lipinski definition) is 2. The van der Waals surface area contributed by atoms with Crippen LogP contribution in [0.25, 0.3) is 0 Å². The Balaban J connectivity index is 1.88. The normalized spacial score (nSPS) is 35.1. The van der Waals surface area contributed by atoms with Crippen LogP contribution in [0.3, 0.4) is 0 Å². The Hall–Kier alpha value is -0.0800. The molecule has 2 nitrogen and oxygen atoms in total.